The molecule has 0 aliphatic carbocycles. The van der Waals surface area contributed by atoms with Gasteiger partial charge in [-0.05, 0) is 24.6 Å². The van der Waals surface area contributed by atoms with E-state index in [0.717, 1.165) is 5.56 Å². The van der Waals surface area contributed by atoms with Crippen LogP contribution in [0.2, 0.25) is 5.02 Å². The number of aromatic nitrogens is 6. The molecule has 1 aliphatic heterocycles. The molecule has 0 fully saturated rings. The SMILES string of the molecule is CC1(c2cc(O)c(Cl)cn2)C(=O)Nc2nc(-c3cn4ccnc4c(Cc4ccc(F)cc4)n3)nc(N)c21. The normalized spacial score (nSPS) is 16.7. The van der Waals surface area contributed by atoms with Crippen LogP contribution in [-0.4, -0.2) is 40.3 Å². The number of benzene rings is 1. The third kappa shape index (κ3) is 3.62. The Labute approximate surface area is 214 Å². The lowest BCUT2D eigenvalue weighted by Gasteiger charge is -2.22. The van der Waals surface area contributed by atoms with Gasteiger partial charge in [0.2, 0.25) is 5.91 Å². The average Bonchev–Trinajstić information content (AvgIpc) is 3.45. The molecule has 5 aromatic rings. The molecule has 1 unspecified atom stereocenters. The maximum atomic E-state index is 13.4. The zero-order valence-electron chi connectivity index (χ0n) is 19.3. The molecule has 184 valence electrons. The lowest BCUT2D eigenvalue weighted by atomic mass is 9.80. The summed E-state index contributed by atoms with van der Waals surface area (Å²) in [7, 11) is 0. The molecule has 4 N–H and O–H groups in total. The Kier molecular flexibility index (Phi) is 5.06. The predicted octanol–water partition coefficient (Wildman–Crippen LogP) is 3.51. The van der Waals surface area contributed by atoms with E-state index in [0.29, 0.717) is 29.0 Å². The minimum Gasteiger partial charge on any atom is -0.506 e. The zero-order valence-corrected chi connectivity index (χ0v) is 20.0. The number of rotatable bonds is 4. The number of imidazole rings is 1. The molecule has 12 heteroatoms. The van der Waals surface area contributed by atoms with Crippen LogP contribution in [0.15, 0.2) is 55.1 Å². The van der Waals surface area contributed by atoms with E-state index in [-0.39, 0.29) is 39.7 Å². The van der Waals surface area contributed by atoms with Crippen LogP contribution in [0.3, 0.4) is 0 Å². The van der Waals surface area contributed by atoms with Gasteiger partial charge in [-0.3, -0.25) is 9.78 Å². The van der Waals surface area contributed by atoms with Gasteiger partial charge in [-0.15, -0.1) is 0 Å². The van der Waals surface area contributed by atoms with Crippen LogP contribution < -0.4 is 11.1 Å². The van der Waals surface area contributed by atoms with Crippen LogP contribution in [0.5, 0.6) is 5.75 Å². The first-order valence-corrected chi connectivity index (χ1v) is 11.5. The van der Waals surface area contributed by atoms with Gasteiger partial charge in [0.05, 0.1) is 17.0 Å². The summed E-state index contributed by atoms with van der Waals surface area (Å²) in [6.07, 6.45) is 6.79. The summed E-state index contributed by atoms with van der Waals surface area (Å²) in [5, 5.41) is 12.9. The highest BCUT2D eigenvalue weighted by Crippen LogP contribution is 2.45. The van der Waals surface area contributed by atoms with E-state index in [1.54, 1.807) is 42.0 Å². The number of halogens is 2. The van der Waals surface area contributed by atoms with E-state index in [1.807, 2.05) is 0 Å². The number of anilines is 2. The lowest BCUT2D eigenvalue weighted by molar-refractivity contribution is -0.119. The zero-order chi connectivity index (χ0) is 25.9. The van der Waals surface area contributed by atoms with E-state index in [2.05, 4.69) is 25.3 Å². The minimum absolute atomic E-state index is 0.0583. The highest BCUT2D eigenvalue weighted by Gasteiger charge is 2.49. The first-order chi connectivity index (χ1) is 17.7. The fourth-order valence-corrected chi connectivity index (χ4v) is 4.59. The number of carbonyl (C=O) groups is 1. The third-order valence-electron chi connectivity index (χ3n) is 6.43. The average molecular weight is 517 g/mol. The number of pyridine rings is 1. The molecule has 0 saturated heterocycles. The monoisotopic (exact) mass is 516 g/mol. The fraction of sp³-hybridized carbons (Fsp3) is 0.120. The third-order valence-corrected chi connectivity index (χ3v) is 6.72. The van der Waals surface area contributed by atoms with E-state index in [4.69, 9.17) is 22.3 Å². The van der Waals surface area contributed by atoms with Gasteiger partial charge in [-0.2, -0.15) is 0 Å². The molecule has 4 aromatic heterocycles. The highest BCUT2D eigenvalue weighted by molar-refractivity contribution is 6.31. The number of nitrogens with one attached hydrogen (secondary N) is 1. The number of nitrogen functional groups attached to an aromatic ring is 1. The standard InChI is InChI=1S/C25H18ClFN8O2/c1-25(18-9-17(36)14(26)10-30-18)19-20(28)32-21(33-22(19)34-24(25)37)16-11-35-7-6-29-23(35)15(31-16)8-12-2-4-13(27)5-3-12/h2-7,9-11H,8H2,1H3,(H,30,36)(H3,28,32,33,34,37). The van der Waals surface area contributed by atoms with Gasteiger partial charge >= 0.3 is 0 Å². The van der Waals surface area contributed by atoms with Gasteiger partial charge < -0.3 is 20.6 Å². The Hall–Kier alpha value is -4.64. The Morgan fingerprint density at radius 3 is 2.73 bits per heavy atom. The number of hydrogen-bond acceptors (Lipinski definition) is 8. The van der Waals surface area contributed by atoms with E-state index < -0.39 is 11.3 Å². The van der Waals surface area contributed by atoms with E-state index in [9.17, 15) is 14.3 Å². The Morgan fingerprint density at radius 2 is 1.97 bits per heavy atom. The second-order valence-corrected chi connectivity index (χ2v) is 9.20. The van der Waals surface area contributed by atoms with E-state index in [1.165, 1.54) is 24.4 Å². The van der Waals surface area contributed by atoms with Crippen molar-refractivity contribution in [1.29, 1.82) is 0 Å². The van der Waals surface area contributed by atoms with Crippen molar-refractivity contribution >= 4 is 34.8 Å². The summed E-state index contributed by atoms with van der Waals surface area (Å²) in [4.78, 5) is 35.5. The Bertz CT molecular complexity index is 1720. The number of nitrogens with zero attached hydrogens (tertiary/aromatic N) is 6. The van der Waals surface area contributed by atoms with E-state index >= 15 is 0 Å². The Balaban J connectivity index is 1.45. The molecule has 1 aliphatic rings. The topological polar surface area (TPSA) is 144 Å². The van der Waals surface area contributed by atoms with Crippen LogP contribution in [0, 0.1) is 5.82 Å². The largest absolute Gasteiger partial charge is 0.506 e. The van der Waals surface area contributed by atoms with Crippen molar-refractivity contribution in [2.45, 2.75) is 18.8 Å². The smallest absolute Gasteiger partial charge is 0.242 e. The summed E-state index contributed by atoms with van der Waals surface area (Å²) in [6.45, 7) is 1.62. The van der Waals surface area contributed by atoms with Crippen molar-refractivity contribution in [1.82, 2.24) is 29.3 Å². The Morgan fingerprint density at radius 1 is 1.19 bits per heavy atom. The summed E-state index contributed by atoms with van der Waals surface area (Å²) in [5.41, 5.74) is 8.14. The molecule has 1 atom stereocenters. The van der Waals surface area contributed by atoms with Crippen LogP contribution in [-0.2, 0) is 16.6 Å². The van der Waals surface area contributed by atoms with Crippen molar-refractivity contribution in [2.75, 3.05) is 11.1 Å². The molecule has 10 nitrogen and oxygen atoms in total. The second-order valence-electron chi connectivity index (χ2n) is 8.79. The number of nitrogens with two attached hydrogens (primary N) is 1. The maximum Gasteiger partial charge on any atom is 0.242 e. The number of fused-ring (bicyclic) bond motifs is 2. The van der Waals surface area contributed by atoms with Crippen molar-refractivity contribution < 1.29 is 14.3 Å². The molecule has 6 rings (SSSR count). The fourth-order valence-electron chi connectivity index (χ4n) is 4.49. The highest BCUT2D eigenvalue weighted by atomic mass is 35.5. The minimum atomic E-state index is -1.35. The van der Waals surface area contributed by atoms with Crippen molar-refractivity contribution in [3.05, 3.63) is 88.5 Å². The van der Waals surface area contributed by atoms with Gasteiger partial charge in [0, 0.05) is 37.3 Å². The molecule has 37 heavy (non-hydrogen) atoms. The van der Waals surface area contributed by atoms with Crippen molar-refractivity contribution in [2.24, 2.45) is 0 Å². The second kappa shape index (κ2) is 8.20. The first kappa shape index (κ1) is 22.8. The quantitative estimate of drug-likeness (QED) is 0.329. The van der Waals surface area contributed by atoms with Crippen LogP contribution in [0.25, 0.3) is 17.2 Å². The van der Waals surface area contributed by atoms with Gasteiger partial charge in [-0.25, -0.2) is 24.3 Å². The molecule has 0 saturated carbocycles. The molecule has 0 radical (unpaired) electrons. The van der Waals surface area contributed by atoms with Crippen LogP contribution in [0.4, 0.5) is 16.0 Å². The maximum absolute atomic E-state index is 13.4. The van der Waals surface area contributed by atoms with Gasteiger partial charge in [-0.1, -0.05) is 23.7 Å². The number of carbonyl (C=O) groups excluding carboxylic acids is 1. The molecular formula is C25H18ClFN8O2. The summed E-state index contributed by atoms with van der Waals surface area (Å²) < 4.78 is 15.2. The van der Waals surface area contributed by atoms with Gasteiger partial charge in [0.15, 0.2) is 11.5 Å². The summed E-state index contributed by atoms with van der Waals surface area (Å²) >= 11 is 5.90. The molecule has 0 spiro atoms. The number of hydrogen-bond donors (Lipinski definition) is 3. The van der Waals surface area contributed by atoms with Gasteiger partial charge in [0.25, 0.3) is 0 Å². The van der Waals surface area contributed by atoms with Crippen LogP contribution >= 0.6 is 11.6 Å². The summed E-state index contributed by atoms with van der Waals surface area (Å²) in [6, 6.07) is 7.47. The molecule has 1 amide bonds. The lowest BCUT2D eigenvalue weighted by Crippen LogP contribution is -2.33. The van der Waals surface area contributed by atoms with Crippen molar-refractivity contribution in [3.63, 3.8) is 0 Å². The molecule has 0 bridgehead atoms. The van der Waals surface area contributed by atoms with Crippen LogP contribution in [0.1, 0.15) is 29.4 Å². The first-order valence-electron chi connectivity index (χ1n) is 11.2. The number of aromatic hydroxyl groups is 1. The van der Waals surface area contributed by atoms with Crippen molar-refractivity contribution in [3.8, 4) is 17.3 Å². The van der Waals surface area contributed by atoms with Gasteiger partial charge in [0.1, 0.15) is 39.3 Å². The predicted molar refractivity (Wildman–Crippen MR) is 134 cm³/mol. The molecule has 1 aromatic carbocycles. The summed E-state index contributed by atoms with van der Waals surface area (Å²) in [5.74, 6) is -0.481. The molecular weight excluding hydrogens is 499 g/mol. The number of amides is 1. The molecule has 5 heterocycles.